The fourth-order valence-corrected chi connectivity index (χ4v) is 2.37. The lowest BCUT2D eigenvalue weighted by Crippen LogP contribution is -2.27. The first-order valence-electron chi connectivity index (χ1n) is 6.06. The van der Waals surface area contributed by atoms with E-state index in [-0.39, 0.29) is 5.91 Å². The third-order valence-electron chi connectivity index (χ3n) is 3.32. The molecule has 2 N–H and O–H groups in total. The fraction of sp³-hybridized carbons (Fsp3) is 0.308. The molecule has 0 unspecified atom stereocenters. The molecule has 18 heavy (non-hydrogen) atoms. The van der Waals surface area contributed by atoms with E-state index in [2.05, 4.69) is 9.97 Å². The first kappa shape index (κ1) is 11.0. The van der Waals surface area contributed by atoms with E-state index in [0.29, 0.717) is 16.9 Å². The first-order valence-corrected chi connectivity index (χ1v) is 6.06. The highest BCUT2D eigenvalue weighted by molar-refractivity contribution is 6.07. The summed E-state index contributed by atoms with van der Waals surface area (Å²) in [4.78, 5) is 22.4. The standard InChI is InChI=1S/C13H14N4O/c14-12-9-4-3-5-10(11(9)15-8-16-12)13(18)17-6-1-2-7-17/h3-5,8H,1-2,6-7H2,(H2,14,15,16). The highest BCUT2D eigenvalue weighted by Crippen LogP contribution is 2.22. The largest absolute Gasteiger partial charge is 0.383 e. The van der Waals surface area contributed by atoms with Crippen LogP contribution in [0.5, 0.6) is 0 Å². The van der Waals surface area contributed by atoms with Crippen molar-refractivity contribution in [2.24, 2.45) is 0 Å². The third-order valence-corrected chi connectivity index (χ3v) is 3.32. The molecule has 1 aliphatic rings. The van der Waals surface area contributed by atoms with Crippen LogP contribution in [0, 0.1) is 0 Å². The average molecular weight is 242 g/mol. The molecule has 0 spiro atoms. The zero-order chi connectivity index (χ0) is 12.5. The Morgan fingerprint density at radius 3 is 2.78 bits per heavy atom. The van der Waals surface area contributed by atoms with Gasteiger partial charge in [0.15, 0.2) is 0 Å². The van der Waals surface area contributed by atoms with E-state index in [4.69, 9.17) is 5.73 Å². The molecule has 0 aliphatic carbocycles. The van der Waals surface area contributed by atoms with Gasteiger partial charge in [0.25, 0.3) is 5.91 Å². The van der Waals surface area contributed by atoms with Crippen LogP contribution in [0.3, 0.4) is 0 Å². The highest BCUT2D eigenvalue weighted by atomic mass is 16.2. The Kier molecular flexibility index (Phi) is 2.59. The van der Waals surface area contributed by atoms with Gasteiger partial charge in [-0.05, 0) is 25.0 Å². The van der Waals surface area contributed by atoms with Crippen LogP contribution < -0.4 is 5.73 Å². The van der Waals surface area contributed by atoms with E-state index in [9.17, 15) is 4.79 Å². The highest BCUT2D eigenvalue weighted by Gasteiger charge is 2.21. The Bertz CT molecular complexity index is 605. The number of para-hydroxylation sites is 1. The number of carbonyl (C=O) groups is 1. The molecule has 1 aromatic carbocycles. The van der Waals surface area contributed by atoms with E-state index in [1.165, 1.54) is 6.33 Å². The normalized spacial score (nSPS) is 15.2. The minimum Gasteiger partial charge on any atom is -0.383 e. The molecule has 5 heteroatoms. The van der Waals surface area contributed by atoms with Gasteiger partial charge in [0.05, 0.1) is 11.1 Å². The summed E-state index contributed by atoms with van der Waals surface area (Å²) in [5.74, 6) is 0.451. The molecule has 0 radical (unpaired) electrons. The number of nitrogens with two attached hydrogens (primary N) is 1. The second-order valence-corrected chi connectivity index (χ2v) is 4.46. The zero-order valence-electron chi connectivity index (χ0n) is 9.97. The lowest BCUT2D eigenvalue weighted by molar-refractivity contribution is 0.0794. The fourth-order valence-electron chi connectivity index (χ4n) is 2.37. The molecule has 1 aliphatic heterocycles. The number of benzene rings is 1. The van der Waals surface area contributed by atoms with Gasteiger partial charge in [0.2, 0.25) is 0 Å². The molecule has 2 aromatic rings. The maximum atomic E-state index is 12.4. The van der Waals surface area contributed by atoms with Gasteiger partial charge in [-0.2, -0.15) is 0 Å². The van der Waals surface area contributed by atoms with E-state index < -0.39 is 0 Å². The first-order chi connectivity index (χ1) is 8.77. The maximum absolute atomic E-state index is 12.4. The summed E-state index contributed by atoms with van der Waals surface area (Å²) in [7, 11) is 0. The molecular weight excluding hydrogens is 228 g/mol. The Morgan fingerprint density at radius 2 is 2.00 bits per heavy atom. The lowest BCUT2D eigenvalue weighted by Gasteiger charge is -2.16. The molecule has 5 nitrogen and oxygen atoms in total. The summed E-state index contributed by atoms with van der Waals surface area (Å²) in [5, 5.41) is 0.738. The summed E-state index contributed by atoms with van der Waals surface area (Å²) in [6.45, 7) is 1.66. The number of nitrogen functional groups attached to an aromatic ring is 1. The number of fused-ring (bicyclic) bond motifs is 1. The van der Waals surface area contributed by atoms with Crippen LogP contribution in [0.1, 0.15) is 23.2 Å². The van der Waals surface area contributed by atoms with Gasteiger partial charge in [-0.3, -0.25) is 4.79 Å². The monoisotopic (exact) mass is 242 g/mol. The van der Waals surface area contributed by atoms with Crippen molar-refractivity contribution in [3.8, 4) is 0 Å². The van der Waals surface area contributed by atoms with Crippen molar-refractivity contribution in [1.82, 2.24) is 14.9 Å². The Labute approximate surface area is 105 Å². The van der Waals surface area contributed by atoms with Gasteiger partial charge >= 0.3 is 0 Å². The van der Waals surface area contributed by atoms with Gasteiger partial charge in [-0.15, -0.1) is 0 Å². The number of anilines is 1. The second-order valence-electron chi connectivity index (χ2n) is 4.46. The Balaban J connectivity index is 2.11. The number of aromatic nitrogens is 2. The molecule has 1 saturated heterocycles. The number of rotatable bonds is 1. The van der Waals surface area contributed by atoms with Gasteiger partial charge in [-0.1, -0.05) is 6.07 Å². The van der Waals surface area contributed by atoms with E-state index in [1.54, 1.807) is 6.07 Å². The Morgan fingerprint density at radius 1 is 1.22 bits per heavy atom. The van der Waals surface area contributed by atoms with Crippen molar-refractivity contribution in [3.05, 3.63) is 30.1 Å². The number of hydrogen-bond acceptors (Lipinski definition) is 4. The SMILES string of the molecule is Nc1ncnc2c(C(=O)N3CCCC3)cccc12. The van der Waals surface area contributed by atoms with Crippen molar-refractivity contribution in [3.63, 3.8) is 0 Å². The summed E-state index contributed by atoms with van der Waals surface area (Å²) in [5.41, 5.74) is 7.06. The predicted molar refractivity (Wildman–Crippen MR) is 69.1 cm³/mol. The minimum absolute atomic E-state index is 0.0381. The summed E-state index contributed by atoms with van der Waals surface area (Å²) in [6, 6.07) is 5.46. The summed E-state index contributed by atoms with van der Waals surface area (Å²) < 4.78 is 0. The molecule has 92 valence electrons. The predicted octanol–water partition coefficient (Wildman–Crippen LogP) is 1.45. The number of likely N-dealkylation sites (tertiary alicyclic amines) is 1. The van der Waals surface area contributed by atoms with Crippen molar-refractivity contribution < 1.29 is 4.79 Å². The van der Waals surface area contributed by atoms with Crippen LogP contribution in [0.15, 0.2) is 24.5 Å². The maximum Gasteiger partial charge on any atom is 0.256 e. The number of hydrogen-bond donors (Lipinski definition) is 1. The van der Waals surface area contributed by atoms with E-state index >= 15 is 0 Å². The van der Waals surface area contributed by atoms with Crippen LogP contribution in [-0.4, -0.2) is 33.9 Å². The van der Waals surface area contributed by atoms with E-state index in [0.717, 1.165) is 31.3 Å². The molecular formula is C13H14N4O. The lowest BCUT2D eigenvalue weighted by atomic mass is 10.1. The molecule has 1 amide bonds. The molecule has 0 saturated carbocycles. The molecule has 1 aromatic heterocycles. The summed E-state index contributed by atoms with van der Waals surface area (Å²) >= 11 is 0. The number of carbonyl (C=O) groups excluding carboxylic acids is 1. The van der Waals surface area contributed by atoms with Gasteiger partial charge in [-0.25, -0.2) is 9.97 Å². The molecule has 2 heterocycles. The van der Waals surface area contributed by atoms with Gasteiger partial charge in [0.1, 0.15) is 12.1 Å². The number of nitrogens with zero attached hydrogens (tertiary/aromatic N) is 3. The van der Waals surface area contributed by atoms with Crippen LogP contribution in [0.4, 0.5) is 5.82 Å². The zero-order valence-corrected chi connectivity index (χ0v) is 9.97. The quantitative estimate of drug-likeness (QED) is 0.821. The topological polar surface area (TPSA) is 72.1 Å². The molecule has 0 atom stereocenters. The van der Waals surface area contributed by atoms with Crippen molar-refractivity contribution >= 4 is 22.6 Å². The molecule has 1 fully saturated rings. The third kappa shape index (κ3) is 1.68. The van der Waals surface area contributed by atoms with Crippen molar-refractivity contribution in [1.29, 1.82) is 0 Å². The van der Waals surface area contributed by atoms with Crippen LogP contribution in [-0.2, 0) is 0 Å². The summed E-state index contributed by atoms with van der Waals surface area (Å²) in [6.07, 6.45) is 3.56. The average Bonchev–Trinajstić information content (AvgIpc) is 2.92. The minimum atomic E-state index is 0.0381. The van der Waals surface area contributed by atoms with E-state index in [1.807, 2.05) is 17.0 Å². The van der Waals surface area contributed by atoms with Crippen LogP contribution in [0.2, 0.25) is 0 Å². The smallest absolute Gasteiger partial charge is 0.256 e. The molecule has 0 bridgehead atoms. The van der Waals surface area contributed by atoms with Crippen molar-refractivity contribution in [2.45, 2.75) is 12.8 Å². The molecule has 3 rings (SSSR count). The number of amides is 1. The van der Waals surface area contributed by atoms with Crippen LogP contribution in [0.25, 0.3) is 10.9 Å². The Hall–Kier alpha value is -2.17. The second kappa shape index (κ2) is 4.25. The van der Waals surface area contributed by atoms with Crippen molar-refractivity contribution in [2.75, 3.05) is 18.8 Å². The van der Waals surface area contributed by atoms with Gasteiger partial charge in [0, 0.05) is 18.5 Å². The van der Waals surface area contributed by atoms with Crippen LogP contribution >= 0.6 is 0 Å². The van der Waals surface area contributed by atoms with Gasteiger partial charge < -0.3 is 10.6 Å².